The molecule has 0 aliphatic heterocycles. The molecule has 1 aromatic carbocycles. The van der Waals surface area contributed by atoms with Gasteiger partial charge in [-0.3, -0.25) is 4.79 Å². The van der Waals surface area contributed by atoms with Gasteiger partial charge in [0.05, 0.1) is 18.2 Å². The maximum atomic E-state index is 13.5. The van der Waals surface area contributed by atoms with Crippen LogP contribution in [0.4, 0.5) is 10.1 Å². The van der Waals surface area contributed by atoms with Crippen LogP contribution >= 0.6 is 0 Å². The number of benzene rings is 1. The van der Waals surface area contributed by atoms with Gasteiger partial charge in [-0.15, -0.1) is 0 Å². The quantitative estimate of drug-likeness (QED) is 0.837. The molecule has 1 aromatic rings. The van der Waals surface area contributed by atoms with Crippen LogP contribution in [0, 0.1) is 5.82 Å². The third-order valence-corrected chi connectivity index (χ3v) is 3.83. The minimum Gasteiger partial charge on any atom is -0.465 e. The number of anilines is 1. The summed E-state index contributed by atoms with van der Waals surface area (Å²) in [6.45, 7) is 0. The number of hydrogen-bond donors (Lipinski definition) is 2. The first-order valence-corrected chi connectivity index (χ1v) is 6.94. The molecule has 0 heterocycles. The topological polar surface area (TPSA) is 81.4 Å². The molecule has 1 aliphatic rings. The van der Waals surface area contributed by atoms with Crippen LogP contribution in [0.5, 0.6) is 0 Å². The Kier molecular flexibility index (Phi) is 4.57. The van der Waals surface area contributed by atoms with Crippen molar-refractivity contribution >= 4 is 17.6 Å². The van der Waals surface area contributed by atoms with Crippen LogP contribution in [-0.4, -0.2) is 24.5 Å². The summed E-state index contributed by atoms with van der Waals surface area (Å²) in [5, 5.41) is 2.66. The predicted molar refractivity (Wildman–Crippen MR) is 76.4 cm³/mol. The summed E-state index contributed by atoms with van der Waals surface area (Å²) in [7, 11) is 1.17. The lowest BCUT2D eigenvalue weighted by atomic mass is 9.82. The zero-order chi connectivity index (χ0) is 15.5. The van der Waals surface area contributed by atoms with E-state index in [2.05, 4.69) is 10.1 Å². The number of carbonyl (C=O) groups excluding carboxylic acids is 2. The summed E-state index contributed by atoms with van der Waals surface area (Å²) >= 11 is 0. The van der Waals surface area contributed by atoms with E-state index in [1.807, 2.05) is 0 Å². The number of halogens is 1. The molecule has 0 aromatic heterocycles. The van der Waals surface area contributed by atoms with Gasteiger partial charge in [-0.2, -0.15) is 0 Å². The highest BCUT2D eigenvalue weighted by molar-refractivity contribution is 5.99. The number of nitrogens with one attached hydrogen (secondary N) is 1. The summed E-state index contributed by atoms with van der Waals surface area (Å²) in [4.78, 5) is 23.7. The van der Waals surface area contributed by atoms with E-state index in [1.54, 1.807) is 0 Å². The third-order valence-electron chi connectivity index (χ3n) is 3.83. The van der Waals surface area contributed by atoms with Crippen molar-refractivity contribution in [2.45, 2.75) is 37.6 Å². The van der Waals surface area contributed by atoms with Crippen LogP contribution in [-0.2, 0) is 9.53 Å². The lowest BCUT2D eigenvalue weighted by Gasteiger charge is -2.31. The Morgan fingerprint density at radius 3 is 2.57 bits per heavy atom. The lowest BCUT2D eigenvalue weighted by molar-refractivity contribution is -0.122. The third kappa shape index (κ3) is 3.39. The Labute approximate surface area is 122 Å². The van der Waals surface area contributed by atoms with Gasteiger partial charge in [0.25, 0.3) is 0 Å². The number of carbonyl (C=O) groups is 2. The molecule has 6 heteroatoms. The van der Waals surface area contributed by atoms with Gasteiger partial charge in [-0.05, 0) is 31.0 Å². The van der Waals surface area contributed by atoms with Gasteiger partial charge in [0.1, 0.15) is 5.82 Å². The molecule has 2 rings (SSSR count). The molecule has 1 saturated carbocycles. The van der Waals surface area contributed by atoms with E-state index >= 15 is 0 Å². The average molecular weight is 294 g/mol. The molecule has 0 radical (unpaired) electrons. The summed E-state index contributed by atoms with van der Waals surface area (Å²) in [6.07, 6.45) is 4.17. The predicted octanol–water partition coefficient (Wildman–Crippen LogP) is 2.21. The second-order valence-electron chi connectivity index (χ2n) is 5.36. The van der Waals surface area contributed by atoms with E-state index in [4.69, 9.17) is 5.73 Å². The second kappa shape index (κ2) is 6.22. The van der Waals surface area contributed by atoms with Gasteiger partial charge in [-0.25, -0.2) is 9.18 Å². The molecule has 1 amide bonds. The van der Waals surface area contributed by atoms with Gasteiger partial charge in [0.15, 0.2) is 0 Å². The van der Waals surface area contributed by atoms with Crippen LogP contribution in [0.25, 0.3) is 0 Å². The van der Waals surface area contributed by atoms with Crippen molar-refractivity contribution in [1.82, 2.24) is 0 Å². The highest BCUT2D eigenvalue weighted by Crippen LogP contribution is 2.27. The van der Waals surface area contributed by atoms with Crippen molar-refractivity contribution < 1.29 is 18.7 Å². The maximum absolute atomic E-state index is 13.5. The molecule has 0 unspecified atom stereocenters. The van der Waals surface area contributed by atoms with Crippen molar-refractivity contribution in [3.05, 3.63) is 29.6 Å². The fourth-order valence-corrected chi connectivity index (χ4v) is 2.53. The van der Waals surface area contributed by atoms with E-state index in [9.17, 15) is 14.0 Å². The van der Waals surface area contributed by atoms with Crippen LogP contribution < -0.4 is 11.1 Å². The summed E-state index contributed by atoms with van der Waals surface area (Å²) in [6, 6.07) is 3.77. The highest BCUT2D eigenvalue weighted by Gasteiger charge is 2.35. The van der Waals surface area contributed by atoms with E-state index in [-0.39, 0.29) is 11.5 Å². The van der Waals surface area contributed by atoms with Crippen molar-refractivity contribution in [2.75, 3.05) is 12.4 Å². The Bertz CT molecular complexity index is 554. The monoisotopic (exact) mass is 294 g/mol. The zero-order valence-corrected chi connectivity index (χ0v) is 11.9. The molecule has 5 nitrogen and oxygen atoms in total. The summed E-state index contributed by atoms with van der Waals surface area (Å²) in [5.41, 5.74) is 5.35. The molecule has 21 heavy (non-hydrogen) atoms. The SMILES string of the molecule is COC(=O)c1cc(NC(=O)C2(N)CCCCC2)ccc1F. The van der Waals surface area contributed by atoms with E-state index in [1.165, 1.54) is 19.2 Å². The van der Waals surface area contributed by atoms with Gasteiger partial charge in [-0.1, -0.05) is 19.3 Å². The normalized spacial score (nSPS) is 17.1. The lowest BCUT2D eigenvalue weighted by Crippen LogP contribution is -2.52. The number of rotatable bonds is 3. The number of ether oxygens (including phenoxy) is 1. The molecule has 0 atom stereocenters. The zero-order valence-electron chi connectivity index (χ0n) is 11.9. The molecular formula is C15H19FN2O3. The standard InChI is InChI=1S/C15H19FN2O3/c1-21-13(19)11-9-10(5-6-12(11)16)18-14(20)15(17)7-3-2-4-8-15/h5-6,9H,2-4,7-8,17H2,1H3,(H,18,20). The fourth-order valence-electron chi connectivity index (χ4n) is 2.53. The second-order valence-corrected chi connectivity index (χ2v) is 5.36. The van der Waals surface area contributed by atoms with E-state index < -0.39 is 17.3 Å². The first-order valence-electron chi connectivity index (χ1n) is 6.94. The molecule has 114 valence electrons. The maximum Gasteiger partial charge on any atom is 0.340 e. The Balaban J connectivity index is 2.16. The minimum absolute atomic E-state index is 0.218. The summed E-state index contributed by atoms with van der Waals surface area (Å²) in [5.74, 6) is -1.78. The Morgan fingerprint density at radius 1 is 1.29 bits per heavy atom. The van der Waals surface area contributed by atoms with Gasteiger partial charge in [0, 0.05) is 5.69 Å². The van der Waals surface area contributed by atoms with Gasteiger partial charge in [0.2, 0.25) is 5.91 Å². The molecule has 0 spiro atoms. The number of hydrogen-bond acceptors (Lipinski definition) is 4. The molecule has 1 aliphatic carbocycles. The van der Waals surface area contributed by atoms with Gasteiger partial charge < -0.3 is 15.8 Å². The average Bonchev–Trinajstić information content (AvgIpc) is 2.49. The van der Waals surface area contributed by atoms with Crippen LogP contribution in [0.2, 0.25) is 0 Å². The Morgan fingerprint density at radius 2 is 1.95 bits per heavy atom. The molecule has 1 fully saturated rings. The summed E-state index contributed by atoms with van der Waals surface area (Å²) < 4.78 is 18.0. The first kappa shape index (κ1) is 15.4. The van der Waals surface area contributed by atoms with Gasteiger partial charge >= 0.3 is 5.97 Å². The largest absolute Gasteiger partial charge is 0.465 e. The van der Waals surface area contributed by atoms with Crippen molar-refractivity contribution in [2.24, 2.45) is 5.73 Å². The smallest absolute Gasteiger partial charge is 0.340 e. The Hall–Kier alpha value is -1.95. The first-order chi connectivity index (χ1) is 9.96. The minimum atomic E-state index is -0.891. The van der Waals surface area contributed by atoms with Crippen LogP contribution in [0.1, 0.15) is 42.5 Å². The van der Waals surface area contributed by atoms with Crippen molar-refractivity contribution in [1.29, 1.82) is 0 Å². The van der Waals surface area contributed by atoms with Crippen molar-refractivity contribution in [3.63, 3.8) is 0 Å². The number of nitrogens with two attached hydrogens (primary N) is 1. The molecule has 0 saturated heterocycles. The van der Waals surface area contributed by atoms with E-state index in [0.29, 0.717) is 18.5 Å². The van der Waals surface area contributed by atoms with Crippen LogP contribution in [0.3, 0.4) is 0 Å². The molecule has 0 bridgehead atoms. The fraction of sp³-hybridized carbons (Fsp3) is 0.467. The molecular weight excluding hydrogens is 275 g/mol. The molecule has 3 N–H and O–H groups in total. The number of esters is 1. The number of methoxy groups -OCH3 is 1. The van der Waals surface area contributed by atoms with Crippen molar-refractivity contribution in [3.8, 4) is 0 Å². The van der Waals surface area contributed by atoms with E-state index in [0.717, 1.165) is 25.3 Å². The highest BCUT2D eigenvalue weighted by atomic mass is 19.1. The van der Waals surface area contributed by atoms with Crippen LogP contribution in [0.15, 0.2) is 18.2 Å². The number of amides is 1.